The Bertz CT molecular complexity index is 1230. The molecule has 0 amide bonds. The van der Waals surface area contributed by atoms with Gasteiger partial charge in [0.2, 0.25) is 0 Å². The molecule has 1 aromatic rings. The van der Waals surface area contributed by atoms with Crippen molar-refractivity contribution in [1.82, 2.24) is 0 Å². The van der Waals surface area contributed by atoms with Crippen LogP contribution in [0, 0.1) is 0 Å². The quantitative estimate of drug-likeness (QED) is 0.189. The van der Waals surface area contributed by atoms with Crippen LogP contribution >= 0.6 is 0 Å². The molecule has 1 rings (SSSR count). The van der Waals surface area contributed by atoms with Crippen molar-refractivity contribution < 1.29 is 9.84 Å². The van der Waals surface area contributed by atoms with Crippen LogP contribution in [0.2, 0.25) is 0 Å². The molecule has 0 spiro atoms. The summed E-state index contributed by atoms with van der Waals surface area (Å²) in [4.78, 5) is 0. The van der Waals surface area contributed by atoms with Crippen molar-refractivity contribution in [2.24, 2.45) is 0 Å². The van der Waals surface area contributed by atoms with Crippen LogP contribution in [0.15, 0.2) is 111 Å². The molecule has 42 heavy (non-hydrogen) atoms. The Morgan fingerprint density at radius 3 is 1.19 bits per heavy atom. The Morgan fingerprint density at radius 1 is 0.524 bits per heavy atom. The summed E-state index contributed by atoms with van der Waals surface area (Å²) in [5, 5.41) is 10.3. The van der Waals surface area contributed by atoms with E-state index in [0.29, 0.717) is 12.2 Å². The number of hydrogen-bond acceptors (Lipinski definition) is 2. The van der Waals surface area contributed by atoms with Gasteiger partial charge < -0.3 is 9.84 Å². The molecule has 0 bridgehead atoms. The van der Waals surface area contributed by atoms with Crippen molar-refractivity contribution in [3.8, 4) is 11.5 Å². The van der Waals surface area contributed by atoms with Crippen LogP contribution in [0.4, 0.5) is 0 Å². The van der Waals surface area contributed by atoms with Gasteiger partial charge >= 0.3 is 0 Å². The van der Waals surface area contributed by atoms with Crippen LogP contribution in [-0.4, -0.2) is 12.2 Å². The molecule has 0 fully saturated rings. The minimum atomic E-state index is 0.235. The third-order valence-electron chi connectivity index (χ3n) is 7.44. The fourth-order valence-electron chi connectivity index (χ4n) is 4.14. The highest BCUT2D eigenvalue weighted by atomic mass is 16.5. The number of phenols is 1. The zero-order valence-electron chi connectivity index (χ0n) is 28.4. The van der Waals surface area contributed by atoms with Gasteiger partial charge in [-0.25, -0.2) is 0 Å². The first-order chi connectivity index (χ1) is 19.9. The van der Waals surface area contributed by atoms with E-state index in [0.717, 1.165) is 50.5 Å². The minimum Gasteiger partial charge on any atom is -0.504 e. The maximum atomic E-state index is 10.3. The van der Waals surface area contributed by atoms with Crippen LogP contribution in [0.5, 0.6) is 11.5 Å². The van der Waals surface area contributed by atoms with E-state index >= 15 is 0 Å². The van der Waals surface area contributed by atoms with E-state index in [1.54, 1.807) is 13.2 Å². The molecule has 0 heterocycles. The topological polar surface area (TPSA) is 29.5 Å². The maximum absolute atomic E-state index is 10.3. The zero-order chi connectivity index (χ0) is 31.5. The molecule has 0 unspecified atom stereocenters. The molecule has 0 aliphatic rings. The van der Waals surface area contributed by atoms with Gasteiger partial charge in [-0.3, -0.25) is 0 Å². The molecular weight excluding hydrogens is 512 g/mol. The van der Waals surface area contributed by atoms with E-state index in [1.807, 2.05) is 12.1 Å². The number of ether oxygens (including phenoxy) is 1. The van der Waals surface area contributed by atoms with E-state index in [4.69, 9.17) is 4.74 Å². The third-order valence-corrected chi connectivity index (χ3v) is 7.44. The van der Waals surface area contributed by atoms with Crippen molar-refractivity contribution in [2.45, 2.75) is 114 Å². The molecule has 0 aliphatic carbocycles. The number of phenolic OH excluding ortho intramolecular Hbond substituents is 1. The summed E-state index contributed by atoms with van der Waals surface area (Å²) >= 11 is 0. The van der Waals surface area contributed by atoms with Gasteiger partial charge in [0.1, 0.15) is 0 Å². The van der Waals surface area contributed by atoms with Crippen LogP contribution in [0.25, 0.3) is 0 Å². The maximum Gasteiger partial charge on any atom is 0.161 e. The summed E-state index contributed by atoms with van der Waals surface area (Å²) in [6, 6.07) is 5.64. The molecule has 0 aliphatic heterocycles. The fraction of sp³-hybridized carbons (Fsp3) is 0.450. The van der Waals surface area contributed by atoms with Crippen LogP contribution < -0.4 is 4.74 Å². The van der Waals surface area contributed by atoms with Gasteiger partial charge in [-0.15, -0.1) is 0 Å². The molecule has 0 aromatic heterocycles. The van der Waals surface area contributed by atoms with E-state index in [-0.39, 0.29) is 5.75 Å². The summed E-state index contributed by atoms with van der Waals surface area (Å²) < 4.78 is 5.21. The molecule has 0 saturated heterocycles. The van der Waals surface area contributed by atoms with Crippen LogP contribution in [-0.2, 0) is 6.42 Å². The average molecular weight is 571 g/mol. The lowest BCUT2D eigenvalue weighted by Crippen LogP contribution is -1.89. The lowest BCUT2D eigenvalue weighted by molar-refractivity contribution is 0.371. The number of benzene rings is 1. The number of rotatable bonds is 17. The molecule has 0 saturated carbocycles. The molecule has 0 radical (unpaired) electrons. The monoisotopic (exact) mass is 570 g/mol. The smallest absolute Gasteiger partial charge is 0.161 e. The summed E-state index contributed by atoms with van der Waals surface area (Å²) in [5.41, 5.74) is 12.1. The first-order valence-electron chi connectivity index (χ1n) is 15.5. The Labute approximate surface area is 258 Å². The summed E-state index contributed by atoms with van der Waals surface area (Å²) in [5.74, 6) is 0.760. The SMILES string of the molecule is COc1cccc(C/C=C(\C)C/C=C(\C)C/C=C(\C)C/C=C(\C)C/C=C(\C)C/C=C(\C)C/C=C(\C)CC=C(C)C)c1O. The molecule has 230 valence electrons. The first-order valence-corrected chi connectivity index (χ1v) is 15.5. The molecule has 2 heteroatoms. The number of methoxy groups -OCH3 is 1. The molecule has 1 aromatic carbocycles. The Balaban J connectivity index is 2.49. The number of hydrogen-bond donors (Lipinski definition) is 1. The lowest BCUT2D eigenvalue weighted by atomic mass is 10.0. The average Bonchev–Trinajstić information content (AvgIpc) is 2.96. The van der Waals surface area contributed by atoms with Gasteiger partial charge in [0, 0.05) is 5.56 Å². The summed E-state index contributed by atoms with van der Waals surface area (Å²) in [7, 11) is 1.58. The normalized spacial score (nSPS) is 14.4. The van der Waals surface area contributed by atoms with Gasteiger partial charge in [-0.1, -0.05) is 105 Å². The fourth-order valence-corrected chi connectivity index (χ4v) is 4.14. The number of allylic oxidation sites excluding steroid dienone is 16. The summed E-state index contributed by atoms with van der Waals surface area (Å²) in [6.45, 7) is 19.8. The predicted octanol–water partition coefficient (Wildman–Crippen LogP) is 12.3. The Morgan fingerprint density at radius 2 is 0.857 bits per heavy atom. The predicted molar refractivity (Wildman–Crippen MR) is 186 cm³/mol. The van der Waals surface area contributed by atoms with Crippen molar-refractivity contribution in [2.75, 3.05) is 7.11 Å². The van der Waals surface area contributed by atoms with Gasteiger partial charge in [0.25, 0.3) is 0 Å². The van der Waals surface area contributed by atoms with Crippen LogP contribution in [0.1, 0.15) is 113 Å². The Kier molecular flexibility index (Phi) is 18.0. The largest absolute Gasteiger partial charge is 0.504 e. The highest BCUT2D eigenvalue weighted by Crippen LogP contribution is 2.30. The molecule has 2 nitrogen and oxygen atoms in total. The van der Waals surface area contributed by atoms with E-state index in [1.165, 1.54) is 44.6 Å². The first kappa shape index (κ1) is 36.8. The highest BCUT2D eigenvalue weighted by molar-refractivity contribution is 5.46. The van der Waals surface area contributed by atoms with E-state index in [9.17, 15) is 5.11 Å². The number of para-hydroxylation sites is 1. The van der Waals surface area contributed by atoms with Crippen molar-refractivity contribution in [3.05, 3.63) is 117 Å². The molecule has 1 N–H and O–H groups in total. The number of aromatic hydroxyl groups is 1. The van der Waals surface area contributed by atoms with E-state index < -0.39 is 0 Å². The standard InChI is InChI=1S/C40H58O2/c1-30(2)14-15-31(3)16-17-32(4)18-19-33(5)20-21-34(6)22-23-35(7)24-25-36(8)26-27-37(9)28-29-38-12-11-13-39(42-10)40(38)41/h11-14,16,18,20,22,24,26,28,41H,15,17,19,21,23,25,27,29H2,1-10H3/b31-16+,32-18+,33-20+,34-22+,35-24+,36-26+,37-28+. The summed E-state index contributed by atoms with van der Waals surface area (Å²) in [6.07, 6.45) is 26.4. The van der Waals surface area contributed by atoms with E-state index in [2.05, 4.69) is 111 Å². The minimum absolute atomic E-state index is 0.235. The second kappa shape index (κ2) is 20.6. The second-order valence-corrected chi connectivity index (χ2v) is 12.2. The highest BCUT2D eigenvalue weighted by Gasteiger charge is 2.05. The lowest BCUT2D eigenvalue weighted by Gasteiger charge is -2.07. The van der Waals surface area contributed by atoms with Gasteiger partial charge in [-0.2, -0.15) is 0 Å². The van der Waals surface area contributed by atoms with Crippen molar-refractivity contribution in [1.29, 1.82) is 0 Å². The van der Waals surface area contributed by atoms with Crippen molar-refractivity contribution >= 4 is 0 Å². The molecule has 0 atom stereocenters. The Hall–Kier alpha value is -3.26. The van der Waals surface area contributed by atoms with Crippen LogP contribution in [0.3, 0.4) is 0 Å². The van der Waals surface area contributed by atoms with Gasteiger partial charge in [0.05, 0.1) is 7.11 Å². The van der Waals surface area contributed by atoms with Gasteiger partial charge in [-0.05, 0) is 120 Å². The third kappa shape index (κ3) is 16.9. The zero-order valence-corrected chi connectivity index (χ0v) is 28.4. The van der Waals surface area contributed by atoms with Gasteiger partial charge in [0.15, 0.2) is 11.5 Å². The van der Waals surface area contributed by atoms with Crippen molar-refractivity contribution in [3.63, 3.8) is 0 Å². The second-order valence-electron chi connectivity index (χ2n) is 12.2. The molecular formula is C40H58O2.